The second-order valence-corrected chi connectivity index (χ2v) is 6.58. The van der Waals surface area contributed by atoms with Crippen molar-refractivity contribution in [3.8, 4) is 18.2 Å². The minimum Gasteiger partial charge on any atom is -0.331 e. The number of hydrogen-bond acceptors (Lipinski definition) is 5. The van der Waals surface area contributed by atoms with Gasteiger partial charge in [0.15, 0.2) is 0 Å². The van der Waals surface area contributed by atoms with Crippen LogP contribution in [0.15, 0.2) is 36.2 Å². The highest BCUT2D eigenvalue weighted by Crippen LogP contribution is 2.50. The van der Waals surface area contributed by atoms with E-state index in [-0.39, 0.29) is 17.5 Å². The third-order valence-electron chi connectivity index (χ3n) is 5.52. The van der Waals surface area contributed by atoms with Gasteiger partial charge >= 0.3 is 0 Å². The largest absolute Gasteiger partial charge is 0.331 e. The fraction of sp³-hybridized carbons (Fsp3) is 0.421. The van der Waals surface area contributed by atoms with Gasteiger partial charge in [-0.2, -0.15) is 15.8 Å². The highest BCUT2D eigenvalue weighted by molar-refractivity contribution is 6.01. The van der Waals surface area contributed by atoms with Gasteiger partial charge in [-0.1, -0.05) is 0 Å². The summed E-state index contributed by atoms with van der Waals surface area (Å²) < 4.78 is 0. The average Bonchev–Trinajstić information content (AvgIpc) is 2.68. The summed E-state index contributed by atoms with van der Waals surface area (Å²) in [4.78, 5) is 5.39. The van der Waals surface area contributed by atoms with Gasteiger partial charge in [0.25, 0.3) is 0 Å². The molecule has 2 aliphatic rings. The zero-order valence-electron chi connectivity index (χ0n) is 14.0. The lowest BCUT2D eigenvalue weighted by Crippen LogP contribution is -3.13. The molecule has 6 nitrogen and oxygen atoms in total. The Hall–Kier alpha value is -3.01. The molecule has 3 rings (SSSR count). The monoisotopic (exact) mass is 331 g/mol. The van der Waals surface area contributed by atoms with Crippen molar-refractivity contribution >= 4 is 5.71 Å². The van der Waals surface area contributed by atoms with Crippen LogP contribution in [0.3, 0.4) is 0 Å². The van der Waals surface area contributed by atoms with Crippen molar-refractivity contribution in [3.63, 3.8) is 0 Å². The molecule has 0 saturated heterocycles. The molecule has 0 spiro atoms. The summed E-state index contributed by atoms with van der Waals surface area (Å²) in [6, 6.07) is 10.1. The van der Waals surface area contributed by atoms with Gasteiger partial charge in [-0.25, -0.2) is 0 Å². The van der Waals surface area contributed by atoms with Crippen molar-refractivity contribution in [3.05, 3.63) is 41.7 Å². The number of nitrogens with one attached hydrogen (secondary N) is 2. The molecule has 2 N–H and O–H groups in total. The molecule has 0 radical (unpaired) electrons. The van der Waals surface area contributed by atoms with Gasteiger partial charge in [0.1, 0.15) is 0 Å². The van der Waals surface area contributed by atoms with E-state index < -0.39 is 11.3 Å². The zero-order valence-corrected chi connectivity index (χ0v) is 14.0. The lowest BCUT2D eigenvalue weighted by atomic mass is 9.55. The summed E-state index contributed by atoms with van der Waals surface area (Å²) >= 11 is 0. The van der Waals surface area contributed by atoms with Gasteiger partial charge in [-0.15, -0.1) is 0 Å². The van der Waals surface area contributed by atoms with Crippen LogP contribution < -0.4 is 4.90 Å². The Balaban J connectivity index is 2.21. The van der Waals surface area contributed by atoms with E-state index in [0.29, 0.717) is 5.57 Å². The first-order chi connectivity index (χ1) is 12.1. The normalized spacial score (nSPS) is 30.2. The summed E-state index contributed by atoms with van der Waals surface area (Å²) in [7, 11) is 0. The number of likely N-dealkylation sites (N-methyl/N-ethyl adjacent to an activating group) is 1. The van der Waals surface area contributed by atoms with Gasteiger partial charge in [0.05, 0.1) is 49.5 Å². The van der Waals surface area contributed by atoms with E-state index in [1.54, 1.807) is 12.4 Å². The molecule has 1 aromatic rings. The Bertz CT molecular complexity index is 821. The lowest BCUT2D eigenvalue weighted by Gasteiger charge is -2.45. The molecule has 0 amide bonds. The average molecular weight is 331 g/mol. The predicted octanol–water partition coefficient (Wildman–Crippen LogP) is 0.833. The maximum Gasteiger partial charge on any atom is 0.203 e. The van der Waals surface area contributed by atoms with Crippen molar-refractivity contribution in [1.29, 1.82) is 21.2 Å². The Labute approximate surface area is 147 Å². The molecule has 1 saturated carbocycles. The van der Waals surface area contributed by atoms with Crippen LogP contribution in [0.1, 0.15) is 18.4 Å². The van der Waals surface area contributed by atoms with Crippen LogP contribution in [0.25, 0.3) is 0 Å². The molecule has 1 aromatic heterocycles. The first-order valence-electron chi connectivity index (χ1n) is 8.38. The van der Waals surface area contributed by atoms with Crippen LogP contribution in [0.2, 0.25) is 0 Å². The van der Waals surface area contributed by atoms with Crippen LogP contribution in [0.4, 0.5) is 0 Å². The number of aromatic nitrogens is 1. The number of nitrogens with zero attached hydrogens (tertiary/aromatic N) is 4. The fourth-order valence-corrected chi connectivity index (χ4v) is 4.18. The molecule has 0 bridgehead atoms. The Morgan fingerprint density at radius 1 is 1.28 bits per heavy atom. The van der Waals surface area contributed by atoms with E-state index in [4.69, 9.17) is 5.41 Å². The van der Waals surface area contributed by atoms with Crippen LogP contribution in [-0.4, -0.2) is 30.3 Å². The predicted molar refractivity (Wildman–Crippen MR) is 90.3 cm³/mol. The smallest absolute Gasteiger partial charge is 0.203 e. The van der Waals surface area contributed by atoms with Crippen molar-refractivity contribution in [2.45, 2.75) is 12.8 Å². The first-order valence-corrected chi connectivity index (χ1v) is 8.38. The van der Waals surface area contributed by atoms with Crippen LogP contribution in [0, 0.1) is 56.7 Å². The van der Waals surface area contributed by atoms with Gasteiger partial charge < -0.3 is 10.3 Å². The minimum absolute atomic E-state index is 0.0933. The second kappa shape index (κ2) is 6.48. The molecule has 1 aliphatic heterocycles. The number of quaternary nitrogens is 1. The summed E-state index contributed by atoms with van der Waals surface area (Å²) in [5.41, 5.74) is -0.0743. The number of hydrogen-bond donors (Lipinski definition) is 2. The van der Waals surface area contributed by atoms with E-state index in [1.165, 1.54) is 4.90 Å². The lowest BCUT2D eigenvalue weighted by molar-refractivity contribution is -0.897. The number of fused-ring (bicyclic) bond motifs is 1. The van der Waals surface area contributed by atoms with Crippen molar-refractivity contribution in [2.24, 2.45) is 17.3 Å². The van der Waals surface area contributed by atoms with Crippen LogP contribution in [-0.2, 0) is 0 Å². The minimum atomic E-state index is -1.62. The molecule has 4 atom stereocenters. The van der Waals surface area contributed by atoms with E-state index in [0.717, 1.165) is 25.2 Å². The SMILES string of the molecule is CC[NH+]1CC=C2[C@@H](C1)[C@H](c1ccncc1)[C@H](C#N)C(=N)C2(C#N)C#N. The van der Waals surface area contributed by atoms with Crippen LogP contribution in [0.5, 0.6) is 0 Å². The van der Waals surface area contributed by atoms with Gasteiger partial charge in [-0.3, -0.25) is 4.98 Å². The van der Waals surface area contributed by atoms with E-state index in [1.807, 2.05) is 18.2 Å². The number of rotatable bonds is 2. The first kappa shape index (κ1) is 16.8. The Morgan fingerprint density at radius 2 is 1.96 bits per heavy atom. The quantitative estimate of drug-likeness (QED) is 0.782. The Morgan fingerprint density at radius 3 is 2.52 bits per heavy atom. The number of nitriles is 3. The Kier molecular flexibility index (Phi) is 4.36. The standard InChI is InChI=1S/C19H18N6/c1-2-25-8-5-16-15(10-25)17(13-3-6-24-7-4-13)14(9-20)18(23)19(16,11-21)12-22/h3-7,14-15,17,23H,2,8,10H2,1H3/p+1/t14-,15+,17+/m0/s1. The van der Waals surface area contributed by atoms with Gasteiger partial charge in [0.2, 0.25) is 5.41 Å². The number of pyridine rings is 1. The molecule has 0 aromatic carbocycles. The third kappa shape index (κ3) is 2.41. The molecule has 124 valence electrons. The van der Waals surface area contributed by atoms with Gasteiger partial charge in [-0.05, 0) is 36.3 Å². The van der Waals surface area contributed by atoms with E-state index >= 15 is 0 Å². The molecule has 1 unspecified atom stereocenters. The maximum atomic E-state index is 9.78. The highest BCUT2D eigenvalue weighted by atomic mass is 15.1. The summed E-state index contributed by atoms with van der Waals surface area (Å²) in [6.45, 7) is 4.53. The molecule has 25 heavy (non-hydrogen) atoms. The molecule has 2 heterocycles. The summed E-state index contributed by atoms with van der Waals surface area (Å²) in [5.74, 6) is -1.13. The van der Waals surface area contributed by atoms with E-state index in [2.05, 4.69) is 30.1 Å². The third-order valence-corrected chi connectivity index (χ3v) is 5.52. The van der Waals surface area contributed by atoms with E-state index in [9.17, 15) is 15.8 Å². The topological polar surface area (TPSA) is 113 Å². The summed E-state index contributed by atoms with van der Waals surface area (Å²) in [5, 5.41) is 37.8. The molecule has 6 heteroatoms. The summed E-state index contributed by atoms with van der Waals surface area (Å²) in [6.07, 6.45) is 5.32. The van der Waals surface area contributed by atoms with Gasteiger partial charge in [0, 0.05) is 24.2 Å². The van der Waals surface area contributed by atoms with Crippen molar-refractivity contribution in [1.82, 2.24) is 4.98 Å². The zero-order chi connectivity index (χ0) is 18.0. The second-order valence-electron chi connectivity index (χ2n) is 6.58. The van der Waals surface area contributed by atoms with Crippen LogP contribution >= 0.6 is 0 Å². The highest BCUT2D eigenvalue weighted by Gasteiger charge is 2.57. The molecule has 1 aliphatic carbocycles. The molecule has 1 fully saturated rings. The van der Waals surface area contributed by atoms with Crippen molar-refractivity contribution in [2.75, 3.05) is 19.6 Å². The van der Waals surface area contributed by atoms with Crippen molar-refractivity contribution < 1.29 is 4.90 Å². The maximum absolute atomic E-state index is 9.78. The fourth-order valence-electron chi connectivity index (χ4n) is 4.18. The molecular weight excluding hydrogens is 312 g/mol. The molecular formula is C19H19N6+.